The van der Waals surface area contributed by atoms with Crippen LogP contribution in [0.3, 0.4) is 0 Å². The Morgan fingerprint density at radius 2 is 2.26 bits per heavy atom. The molecule has 5 nitrogen and oxygen atoms in total. The van der Waals surface area contributed by atoms with E-state index in [4.69, 9.17) is 11.5 Å². The topological polar surface area (TPSA) is 86.5 Å². The maximum atomic E-state index is 12.4. The molecule has 7 heteroatoms. The molecule has 1 aliphatic carbocycles. The van der Waals surface area contributed by atoms with Gasteiger partial charge in [-0.15, -0.1) is 0 Å². The Morgan fingerprint density at radius 3 is 2.84 bits per heavy atom. The molecular weight excluding hydrogens is 254 g/mol. The molecule has 102 valence electrons. The number of aliphatic imine (C=N–C) groups is 1. The van der Waals surface area contributed by atoms with Gasteiger partial charge in [0.1, 0.15) is 11.6 Å². The fourth-order valence-electron chi connectivity index (χ4n) is 1.47. The number of anilines is 1. The lowest BCUT2D eigenvalue weighted by molar-refractivity contribution is -0.0500. The number of rotatable bonds is 5. The van der Waals surface area contributed by atoms with Crippen LogP contribution >= 0.6 is 0 Å². The Balaban J connectivity index is 2.29. The van der Waals surface area contributed by atoms with E-state index in [2.05, 4.69) is 14.7 Å². The molecular formula is C12H14F2N4O. The monoisotopic (exact) mass is 268 g/mol. The highest BCUT2D eigenvalue weighted by molar-refractivity contribution is 6.10. The summed E-state index contributed by atoms with van der Waals surface area (Å²) in [7, 11) is 0. The van der Waals surface area contributed by atoms with Gasteiger partial charge < -0.3 is 16.2 Å². The number of hydrogen-bond acceptors (Lipinski definition) is 5. The van der Waals surface area contributed by atoms with Crippen LogP contribution in [0.4, 0.5) is 14.6 Å². The Labute approximate surface area is 109 Å². The molecule has 0 amide bonds. The Morgan fingerprint density at radius 1 is 1.53 bits per heavy atom. The van der Waals surface area contributed by atoms with Crippen molar-refractivity contribution >= 4 is 17.6 Å². The summed E-state index contributed by atoms with van der Waals surface area (Å²) in [5.74, 6) is 0.0244. The van der Waals surface area contributed by atoms with Gasteiger partial charge in [0, 0.05) is 35.8 Å². The highest BCUT2D eigenvalue weighted by atomic mass is 19.3. The average molecular weight is 268 g/mol. The number of allylic oxidation sites excluding steroid dienone is 1. The van der Waals surface area contributed by atoms with Crippen molar-refractivity contribution in [3.63, 3.8) is 0 Å². The third kappa shape index (κ3) is 3.64. The van der Waals surface area contributed by atoms with Gasteiger partial charge >= 0.3 is 6.61 Å². The van der Waals surface area contributed by atoms with Gasteiger partial charge in [0.2, 0.25) is 0 Å². The zero-order valence-corrected chi connectivity index (χ0v) is 10.1. The van der Waals surface area contributed by atoms with Gasteiger partial charge in [-0.25, -0.2) is 4.98 Å². The second-order valence-corrected chi connectivity index (χ2v) is 4.12. The standard InChI is InChI=1S/C12H14F2N4O/c13-12(14)19-10-3-11(16)18-6-9(10)7(4-15)5-17-8-1-2-8/h3-6,8,12H,1-2,15H2,(H2,16,18)/b7-4+,17-5?. The number of aromatic nitrogens is 1. The van der Waals surface area contributed by atoms with E-state index in [0.717, 1.165) is 12.8 Å². The van der Waals surface area contributed by atoms with Crippen LogP contribution in [0.25, 0.3) is 5.57 Å². The van der Waals surface area contributed by atoms with Gasteiger partial charge in [-0.3, -0.25) is 4.99 Å². The van der Waals surface area contributed by atoms with Gasteiger partial charge in [-0.2, -0.15) is 8.78 Å². The lowest BCUT2D eigenvalue weighted by Crippen LogP contribution is -2.07. The normalized spacial score (nSPS) is 16.3. The number of halogens is 2. The molecule has 0 aliphatic heterocycles. The van der Waals surface area contributed by atoms with E-state index in [0.29, 0.717) is 17.2 Å². The van der Waals surface area contributed by atoms with Crippen molar-refractivity contribution in [1.29, 1.82) is 0 Å². The lowest BCUT2D eigenvalue weighted by atomic mass is 10.1. The largest absolute Gasteiger partial charge is 0.434 e. The predicted molar refractivity (Wildman–Crippen MR) is 69.0 cm³/mol. The van der Waals surface area contributed by atoms with Crippen LogP contribution < -0.4 is 16.2 Å². The summed E-state index contributed by atoms with van der Waals surface area (Å²) in [6.07, 6.45) is 6.23. The molecule has 1 saturated carbocycles. The summed E-state index contributed by atoms with van der Waals surface area (Å²) in [4.78, 5) is 8.10. The summed E-state index contributed by atoms with van der Waals surface area (Å²) in [5.41, 5.74) is 11.8. The number of ether oxygens (including phenoxy) is 1. The molecule has 0 unspecified atom stereocenters. The average Bonchev–Trinajstić information content (AvgIpc) is 3.15. The van der Waals surface area contributed by atoms with Crippen LogP contribution in [0.5, 0.6) is 5.75 Å². The number of pyridine rings is 1. The lowest BCUT2D eigenvalue weighted by Gasteiger charge is -2.11. The Bertz CT molecular complexity index is 512. The fraction of sp³-hybridized carbons (Fsp3) is 0.333. The minimum atomic E-state index is -2.94. The molecule has 0 saturated heterocycles. The first-order valence-electron chi connectivity index (χ1n) is 5.76. The van der Waals surface area contributed by atoms with Crippen LogP contribution in [-0.4, -0.2) is 23.9 Å². The highest BCUT2D eigenvalue weighted by Crippen LogP contribution is 2.28. The summed E-state index contributed by atoms with van der Waals surface area (Å²) in [6.45, 7) is -2.94. The van der Waals surface area contributed by atoms with Gasteiger partial charge in [-0.1, -0.05) is 0 Å². The first-order chi connectivity index (χ1) is 9.10. The van der Waals surface area contributed by atoms with Crippen LogP contribution in [0.15, 0.2) is 23.5 Å². The molecule has 19 heavy (non-hydrogen) atoms. The first kappa shape index (κ1) is 13.3. The van der Waals surface area contributed by atoms with Crippen LogP contribution in [-0.2, 0) is 0 Å². The molecule has 2 rings (SSSR count). The van der Waals surface area contributed by atoms with Crippen molar-refractivity contribution in [1.82, 2.24) is 4.98 Å². The molecule has 0 spiro atoms. The van der Waals surface area contributed by atoms with Crippen molar-refractivity contribution < 1.29 is 13.5 Å². The van der Waals surface area contributed by atoms with E-state index in [1.165, 1.54) is 18.5 Å². The van der Waals surface area contributed by atoms with Gasteiger partial charge in [0.25, 0.3) is 0 Å². The minimum absolute atomic E-state index is 0.0681. The second kappa shape index (κ2) is 5.64. The number of alkyl halides is 2. The maximum Gasteiger partial charge on any atom is 0.387 e. The van der Waals surface area contributed by atoms with Crippen molar-refractivity contribution in [2.45, 2.75) is 25.5 Å². The van der Waals surface area contributed by atoms with E-state index in [-0.39, 0.29) is 11.6 Å². The molecule has 4 N–H and O–H groups in total. The molecule has 0 aromatic carbocycles. The van der Waals surface area contributed by atoms with Crippen LogP contribution in [0.2, 0.25) is 0 Å². The van der Waals surface area contributed by atoms with E-state index in [1.54, 1.807) is 6.21 Å². The summed E-state index contributed by atoms with van der Waals surface area (Å²) >= 11 is 0. The second-order valence-electron chi connectivity index (χ2n) is 4.12. The van der Waals surface area contributed by atoms with E-state index in [9.17, 15) is 8.78 Å². The van der Waals surface area contributed by atoms with Crippen molar-refractivity contribution in [3.05, 3.63) is 24.0 Å². The van der Waals surface area contributed by atoms with Crippen LogP contribution in [0.1, 0.15) is 18.4 Å². The molecule has 1 aromatic heterocycles. The molecule has 1 aromatic rings. The smallest absolute Gasteiger partial charge is 0.387 e. The van der Waals surface area contributed by atoms with Gasteiger partial charge in [0.15, 0.2) is 0 Å². The molecule has 0 bridgehead atoms. The first-order valence-corrected chi connectivity index (χ1v) is 5.76. The van der Waals surface area contributed by atoms with Crippen molar-refractivity contribution in [3.8, 4) is 5.75 Å². The molecule has 1 heterocycles. The Hall–Kier alpha value is -2.18. The quantitative estimate of drug-likeness (QED) is 0.797. The third-order valence-electron chi connectivity index (χ3n) is 2.57. The summed E-state index contributed by atoms with van der Waals surface area (Å²) in [5, 5.41) is 0. The zero-order valence-electron chi connectivity index (χ0n) is 10.1. The number of hydrogen-bond donors (Lipinski definition) is 2. The third-order valence-corrected chi connectivity index (χ3v) is 2.57. The minimum Gasteiger partial charge on any atom is -0.434 e. The SMILES string of the molecule is N/C=C(\C=NC1CC1)c1cnc(N)cc1OC(F)F. The van der Waals surface area contributed by atoms with Crippen molar-refractivity contribution in [2.24, 2.45) is 10.7 Å². The fourth-order valence-corrected chi connectivity index (χ4v) is 1.47. The number of nitrogens with zero attached hydrogens (tertiary/aromatic N) is 2. The van der Waals surface area contributed by atoms with Gasteiger partial charge in [0.05, 0.1) is 6.04 Å². The number of nitrogens with two attached hydrogens (primary N) is 2. The Kier molecular flexibility index (Phi) is 3.94. The summed E-state index contributed by atoms with van der Waals surface area (Å²) in [6, 6.07) is 1.53. The molecule has 0 atom stereocenters. The van der Waals surface area contributed by atoms with E-state index >= 15 is 0 Å². The molecule has 1 fully saturated rings. The molecule has 1 aliphatic rings. The van der Waals surface area contributed by atoms with Gasteiger partial charge in [-0.05, 0) is 12.8 Å². The zero-order chi connectivity index (χ0) is 13.8. The van der Waals surface area contributed by atoms with E-state index in [1.807, 2.05) is 0 Å². The molecule has 0 radical (unpaired) electrons. The van der Waals surface area contributed by atoms with E-state index < -0.39 is 6.61 Å². The number of nitrogen functional groups attached to an aromatic ring is 1. The maximum absolute atomic E-state index is 12.4. The predicted octanol–water partition coefficient (Wildman–Crippen LogP) is 1.80. The van der Waals surface area contributed by atoms with Crippen molar-refractivity contribution in [2.75, 3.05) is 5.73 Å². The van der Waals surface area contributed by atoms with Crippen LogP contribution in [0, 0.1) is 0 Å². The highest BCUT2D eigenvalue weighted by Gasteiger charge is 2.20. The summed E-state index contributed by atoms with van der Waals surface area (Å²) < 4.78 is 29.1.